The van der Waals surface area contributed by atoms with Crippen LogP contribution in [-0.2, 0) is 11.0 Å². The minimum atomic E-state index is -4.80. The number of nitriles is 1. The van der Waals surface area contributed by atoms with Gasteiger partial charge in [-0.3, -0.25) is 4.72 Å². The Labute approximate surface area is 86.1 Å². The number of nitrogens with one attached hydrogen (secondary N) is 1. The van der Waals surface area contributed by atoms with Crippen LogP contribution >= 0.6 is 0 Å². The smallest absolute Gasteiger partial charge is 0.298 e. The van der Waals surface area contributed by atoms with Crippen LogP contribution in [0.25, 0.3) is 0 Å². The van der Waals surface area contributed by atoms with Gasteiger partial charge in [0.15, 0.2) is 0 Å². The number of halogens is 3. The van der Waals surface area contributed by atoms with Crippen LogP contribution in [0.4, 0.5) is 18.9 Å². The molecule has 0 saturated carbocycles. The average molecular weight is 234 g/mol. The molecule has 0 saturated heterocycles. The van der Waals surface area contributed by atoms with E-state index in [0.29, 0.717) is 5.56 Å². The highest BCUT2D eigenvalue weighted by atomic mass is 32.2. The molecule has 7 heteroatoms. The molecular formula is C8H5F3N2OS. The van der Waals surface area contributed by atoms with Crippen LogP contribution in [0.15, 0.2) is 24.3 Å². The molecule has 1 N–H and O–H groups in total. The fraction of sp³-hybridized carbons (Fsp3) is 0.125. The zero-order valence-electron chi connectivity index (χ0n) is 7.21. The Kier molecular flexibility index (Phi) is 3.31. The van der Waals surface area contributed by atoms with Crippen molar-refractivity contribution in [3.05, 3.63) is 29.8 Å². The second-order valence-electron chi connectivity index (χ2n) is 2.51. The number of alkyl halides is 3. The second kappa shape index (κ2) is 4.31. The summed E-state index contributed by atoms with van der Waals surface area (Å²) in [6, 6.07) is 6.97. The zero-order valence-corrected chi connectivity index (χ0v) is 8.02. The maximum absolute atomic E-state index is 11.9. The highest BCUT2D eigenvalue weighted by Gasteiger charge is 2.37. The van der Waals surface area contributed by atoms with Crippen molar-refractivity contribution in [1.82, 2.24) is 0 Å². The van der Waals surface area contributed by atoms with Gasteiger partial charge in [-0.15, -0.1) is 0 Å². The van der Waals surface area contributed by atoms with E-state index in [0.717, 1.165) is 0 Å². The summed E-state index contributed by atoms with van der Waals surface area (Å²) in [5.74, 6) is 0. The van der Waals surface area contributed by atoms with Gasteiger partial charge in [0.1, 0.15) is 0 Å². The highest BCUT2D eigenvalue weighted by molar-refractivity contribution is 7.87. The van der Waals surface area contributed by atoms with E-state index in [1.165, 1.54) is 24.3 Å². The topological polar surface area (TPSA) is 52.9 Å². The average Bonchev–Trinajstić information content (AvgIpc) is 2.17. The summed E-state index contributed by atoms with van der Waals surface area (Å²) >= 11 is 0. The summed E-state index contributed by atoms with van der Waals surface area (Å²) in [5, 5.41) is 8.43. The Bertz CT molecular complexity index is 407. The Hall–Kier alpha value is -1.55. The molecule has 0 amide bonds. The third kappa shape index (κ3) is 3.25. The van der Waals surface area contributed by atoms with E-state index < -0.39 is 16.5 Å². The Morgan fingerprint density at radius 3 is 2.20 bits per heavy atom. The van der Waals surface area contributed by atoms with Gasteiger partial charge in [-0.25, -0.2) is 4.21 Å². The fourth-order valence-electron chi connectivity index (χ4n) is 0.778. The van der Waals surface area contributed by atoms with Crippen molar-refractivity contribution >= 4 is 16.7 Å². The van der Waals surface area contributed by atoms with Gasteiger partial charge in [0.2, 0.25) is 11.0 Å². The van der Waals surface area contributed by atoms with Crippen LogP contribution in [0.1, 0.15) is 5.56 Å². The standard InChI is InChI=1S/C8H5F3N2OS/c9-8(10,11)15(14)13-7-3-1-6(5-12)2-4-7/h1-4,13H. The lowest BCUT2D eigenvalue weighted by atomic mass is 10.2. The summed E-state index contributed by atoms with van der Waals surface area (Å²) in [4.78, 5) is 0. The number of rotatable bonds is 2. The summed E-state index contributed by atoms with van der Waals surface area (Å²) < 4.78 is 48.0. The predicted octanol–water partition coefficient (Wildman–Crippen LogP) is 2.15. The van der Waals surface area contributed by atoms with Gasteiger partial charge in [0.25, 0.3) is 0 Å². The van der Waals surface area contributed by atoms with E-state index >= 15 is 0 Å². The van der Waals surface area contributed by atoms with E-state index in [-0.39, 0.29) is 5.69 Å². The van der Waals surface area contributed by atoms with Crippen molar-refractivity contribution in [2.75, 3.05) is 4.72 Å². The molecule has 0 radical (unpaired) electrons. The van der Waals surface area contributed by atoms with Crippen molar-refractivity contribution in [2.24, 2.45) is 0 Å². The van der Waals surface area contributed by atoms with E-state index in [4.69, 9.17) is 5.26 Å². The van der Waals surface area contributed by atoms with E-state index in [2.05, 4.69) is 0 Å². The number of anilines is 1. The lowest BCUT2D eigenvalue weighted by molar-refractivity contribution is -0.0379. The van der Waals surface area contributed by atoms with Crippen LogP contribution in [0.2, 0.25) is 0 Å². The molecule has 0 spiro atoms. The Morgan fingerprint density at radius 1 is 1.27 bits per heavy atom. The van der Waals surface area contributed by atoms with Crippen molar-refractivity contribution in [2.45, 2.75) is 5.51 Å². The van der Waals surface area contributed by atoms with Gasteiger partial charge in [-0.05, 0) is 24.3 Å². The van der Waals surface area contributed by atoms with Crippen LogP contribution in [-0.4, -0.2) is 9.72 Å². The first-order chi connectivity index (χ1) is 6.93. The summed E-state index contributed by atoms with van der Waals surface area (Å²) in [6.07, 6.45) is 0. The molecule has 0 bridgehead atoms. The molecule has 3 nitrogen and oxygen atoms in total. The van der Waals surface area contributed by atoms with Gasteiger partial charge in [0.05, 0.1) is 11.6 Å². The third-order valence-electron chi connectivity index (χ3n) is 1.43. The molecular weight excluding hydrogens is 229 g/mol. The van der Waals surface area contributed by atoms with Crippen LogP contribution in [0, 0.1) is 11.3 Å². The molecule has 1 atom stereocenters. The molecule has 0 aliphatic rings. The normalized spacial score (nSPS) is 12.9. The molecule has 80 valence electrons. The maximum atomic E-state index is 11.9. The number of nitrogens with zero attached hydrogens (tertiary/aromatic N) is 1. The Balaban J connectivity index is 2.75. The van der Waals surface area contributed by atoms with Crippen LogP contribution in [0.5, 0.6) is 0 Å². The predicted molar refractivity (Wildman–Crippen MR) is 49.0 cm³/mol. The number of hydrogen-bond donors (Lipinski definition) is 1. The van der Waals surface area contributed by atoms with Gasteiger partial charge in [0, 0.05) is 5.69 Å². The van der Waals surface area contributed by atoms with Gasteiger partial charge in [-0.2, -0.15) is 18.4 Å². The molecule has 1 aromatic carbocycles. The number of benzene rings is 1. The molecule has 1 unspecified atom stereocenters. The number of hydrogen-bond acceptors (Lipinski definition) is 2. The molecule has 1 aromatic rings. The minimum absolute atomic E-state index is 0.0460. The van der Waals surface area contributed by atoms with Gasteiger partial charge >= 0.3 is 5.51 Å². The minimum Gasteiger partial charge on any atom is -0.298 e. The van der Waals surface area contributed by atoms with Crippen molar-refractivity contribution in [3.8, 4) is 6.07 Å². The monoisotopic (exact) mass is 234 g/mol. The molecule has 0 aliphatic carbocycles. The summed E-state index contributed by atoms with van der Waals surface area (Å²) in [6.45, 7) is 0. The van der Waals surface area contributed by atoms with Crippen molar-refractivity contribution < 1.29 is 17.4 Å². The largest absolute Gasteiger partial charge is 0.490 e. The SMILES string of the molecule is N#Cc1ccc(NS(=O)C(F)(F)F)cc1. The molecule has 0 fully saturated rings. The highest BCUT2D eigenvalue weighted by Crippen LogP contribution is 2.21. The first-order valence-electron chi connectivity index (χ1n) is 3.69. The molecule has 0 aliphatic heterocycles. The third-order valence-corrected chi connectivity index (χ3v) is 2.28. The van der Waals surface area contributed by atoms with Crippen LogP contribution < -0.4 is 4.72 Å². The van der Waals surface area contributed by atoms with Gasteiger partial charge in [-0.1, -0.05) is 0 Å². The van der Waals surface area contributed by atoms with E-state index in [9.17, 15) is 17.4 Å². The first kappa shape index (κ1) is 11.5. The van der Waals surface area contributed by atoms with E-state index in [1.807, 2.05) is 6.07 Å². The second-order valence-corrected chi connectivity index (χ2v) is 3.71. The maximum Gasteiger partial charge on any atom is 0.490 e. The quantitative estimate of drug-likeness (QED) is 0.852. The van der Waals surface area contributed by atoms with Crippen molar-refractivity contribution in [3.63, 3.8) is 0 Å². The van der Waals surface area contributed by atoms with Crippen molar-refractivity contribution in [1.29, 1.82) is 5.26 Å². The molecule has 15 heavy (non-hydrogen) atoms. The van der Waals surface area contributed by atoms with E-state index in [1.54, 1.807) is 4.72 Å². The zero-order chi connectivity index (χ0) is 11.5. The summed E-state index contributed by atoms with van der Waals surface area (Å²) in [5.41, 5.74) is -4.43. The summed E-state index contributed by atoms with van der Waals surface area (Å²) in [7, 11) is -3.13. The van der Waals surface area contributed by atoms with Gasteiger partial charge < -0.3 is 0 Å². The molecule has 0 aromatic heterocycles. The lowest BCUT2D eigenvalue weighted by Gasteiger charge is -2.08. The fourth-order valence-corrected chi connectivity index (χ4v) is 1.24. The first-order valence-corrected chi connectivity index (χ1v) is 4.84. The lowest BCUT2D eigenvalue weighted by Crippen LogP contribution is -2.22. The molecule has 0 heterocycles. The van der Waals surface area contributed by atoms with Crippen LogP contribution in [0.3, 0.4) is 0 Å². The Morgan fingerprint density at radius 2 is 1.80 bits per heavy atom. The molecule has 1 rings (SSSR count).